The fourth-order valence-electron chi connectivity index (χ4n) is 3.42. The zero-order valence-electron chi connectivity index (χ0n) is 12.1. The van der Waals surface area contributed by atoms with Crippen LogP contribution in [0.25, 0.3) is 0 Å². The molecule has 118 valence electrons. The zero-order chi connectivity index (χ0) is 15.7. The molecule has 1 saturated carbocycles. The van der Waals surface area contributed by atoms with E-state index in [1.54, 1.807) is 18.2 Å². The second kappa shape index (κ2) is 6.01. The molecule has 1 N–H and O–H groups in total. The van der Waals surface area contributed by atoms with Gasteiger partial charge in [0.2, 0.25) is 0 Å². The van der Waals surface area contributed by atoms with Crippen LogP contribution in [-0.2, 0) is 9.53 Å². The Hall–Kier alpha value is -1.40. The second-order valence-electron chi connectivity index (χ2n) is 5.86. The number of ether oxygens (including phenoxy) is 1. The van der Waals surface area contributed by atoms with E-state index in [9.17, 15) is 14.7 Å². The molecule has 22 heavy (non-hydrogen) atoms. The van der Waals surface area contributed by atoms with Crippen molar-refractivity contribution in [2.24, 2.45) is 0 Å². The van der Waals surface area contributed by atoms with E-state index in [1.807, 2.05) is 6.07 Å². The summed E-state index contributed by atoms with van der Waals surface area (Å²) < 4.78 is 6.65. The standard InChI is InChI=1S/C16H18BrNO4/c17-12-6-4-5-11(9-12)14(19)18-13(15(20)21)10-22-16(18)7-2-1-3-8-16/h4-6,9,13H,1-3,7-8,10H2,(H,20,21)/t13-/m0/s1. The molecule has 1 amide bonds. The van der Waals surface area contributed by atoms with E-state index in [0.29, 0.717) is 18.4 Å². The molecule has 1 aliphatic heterocycles. The Morgan fingerprint density at radius 1 is 1.27 bits per heavy atom. The molecule has 0 aromatic heterocycles. The number of amides is 1. The fraction of sp³-hybridized carbons (Fsp3) is 0.500. The SMILES string of the molecule is O=C(O)[C@@H]1COC2(CCCCC2)N1C(=O)c1cccc(Br)c1. The van der Waals surface area contributed by atoms with Gasteiger partial charge in [0.15, 0.2) is 6.04 Å². The van der Waals surface area contributed by atoms with E-state index >= 15 is 0 Å². The van der Waals surface area contributed by atoms with E-state index in [1.165, 1.54) is 4.90 Å². The van der Waals surface area contributed by atoms with Crippen LogP contribution in [0.15, 0.2) is 28.7 Å². The summed E-state index contributed by atoms with van der Waals surface area (Å²) >= 11 is 3.35. The summed E-state index contributed by atoms with van der Waals surface area (Å²) in [6, 6.07) is 6.13. The lowest BCUT2D eigenvalue weighted by molar-refractivity contribution is -0.143. The predicted octanol–water partition coefficient (Wildman–Crippen LogP) is 3.04. The highest BCUT2D eigenvalue weighted by atomic mass is 79.9. The maximum atomic E-state index is 12.9. The number of nitrogens with zero attached hydrogens (tertiary/aromatic N) is 1. The third-order valence-corrected chi connectivity index (χ3v) is 4.96. The summed E-state index contributed by atoms with van der Waals surface area (Å²) in [4.78, 5) is 26.0. The molecule has 0 unspecified atom stereocenters. The summed E-state index contributed by atoms with van der Waals surface area (Å²) in [7, 11) is 0. The molecule has 3 rings (SSSR count). The number of rotatable bonds is 2. The minimum atomic E-state index is -1.01. The highest BCUT2D eigenvalue weighted by Gasteiger charge is 2.53. The monoisotopic (exact) mass is 367 g/mol. The first-order chi connectivity index (χ1) is 10.5. The van der Waals surface area contributed by atoms with Gasteiger partial charge in [-0.05, 0) is 43.9 Å². The smallest absolute Gasteiger partial charge is 0.328 e. The predicted molar refractivity (Wildman–Crippen MR) is 83.5 cm³/mol. The molecule has 0 bridgehead atoms. The molecule has 1 saturated heterocycles. The Bertz CT molecular complexity index is 598. The molecule has 2 aliphatic rings. The summed E-state index contributed by atoms with van der Waals surface area (Å²) in [5, 5.41) is 9.46. The molecule has 1 aromatic carbocycles. The highest BCUT2D eigenvalue weighted by molar-refractivity contribution is 9.10. The van der Waals surface area contributed by atoms with Gasteiger partial charge in [-0.15, -0.1) is 0 Å². The molecule has 1 aromatic rings. The molecule has 5 nitrogen and oxygen atoms in total. The summed E-state index contributed by atoms with van der Waals surface area (Å²) in [5.41, 5.74) is -0.267. The lowest BCUT2D eigenvalue weighted by Crippen LogP contribution is -2.54. The van der Waals surface area contributed by atoms with Crippen molar-refractivity contribution in [3.8, 4) is 0 Å². The Balaban J connectivity index is 1.97. The minimum absolute atomic E-state index is 0.0646. The van der Waals surface area contributed by atoms with Gasteiger partial charge in [-0.1, -0.05) is 28.4 Å². The van der Waals surface area contributed by atoms with Crippen molar-refractivity contribution in [2.75, 3.05) is 6.61 Å². The first-order valence-corrected chi connectivity index (χ1v) is 8.29. The van der Waals surface area contributed by atoms with Gasteiger partial charge in [0.1, 0.15) is 5.72 Å². The van der Waals surface area contributed by atoms with Gasteiger partial charge >= 0.3 is 5.97 Å². The Morgan fingerprint density at radius 2 is 2.00 bits per heavy atom. The Labute approximate surface area is 137 Å². The summed E-state index contributed by atoms with van der Waals surface area (Å²) in [6.07, 6.45) is 4.41. The van der Waals surface area contributed by atoms with E-state index in [2.05, 4.69) is 15.9 Å². The average molecular weight is 368 g/mol. The molecule has 1 aliphatic carbocycles. The first kappa shape index (κ1) is 15.5. The van der Waals surface area contributed by atoms with Gasteiger partial charge in [-0.25, -0.2) is 4.79 Å². The van der Waals surface area contributed by atoms with Crippen LogP contribution in [0.2, 0.25) is 0 Å². The quantitative estimate of drug-likeness (QED) is 0.872. The van der Waals surface area contributed by atoms with Gasteiger partial charge in [0, 0.05) is 10.0 Å². The van der Waals surface area contributed by atoms with Crippen LogP contribution < -0.4 is 0 Å². The largest absolute Gasteiger partial charge is 0.480 e. The third-order valence-electron chi connectivity index (χ3n) is 4.47. The van der Waals surface area contributed by atoms with Crippen LogP contribution >= 0.6 is 15.9 Å². The van der Waals surface area contributed by atoms with Crippen LogP contribution in [0.5, 0.6) is 0 Å². The van der Waals surface area contributed by atoms with Crippen molar-refractivity contribution in [3.05, 3.63) is 34.3 Å². The van der Waals surface area contributed by atoms with Crippen LogP contribution in [0.1, 0.15) is 42.5 Å². The molecule has 1 atom stereocenters. The lowest BCUT2D eigenvalue weighted by Gasteiger charge is -2.41. The number of hydrogen-bond donors (Lipinski definition) is 1. The fourth-order valence-corrected chi connectivity index (χ4v) is 3.82. The molecule has 1 heterocycles. The molecule has 2 fully saturated rings. The normalized spacial score (nSPS) is 23.7. The summed E-state index contributed by atoms with van der Waals surface area (Å²) in [5.74, 6) is -1.28. The third kappa shape index (κ3) is 2.65. The second-order valence-corrected chi connectivity index (χ2v) is 6.77. The molecule has 1 spiro atoms. The Kier molecular flexibility index (Phi) is 4.23. The van der Waals surface area contributed by atoms with Gasteiger partial charge in [-0.3, -0.25) is 9.69 Å². The number of carboxylic acid groups (broad SMARTS) is 1. The van der Waals surface area contributed by atoms with E-state index < -0.39 is 17.7 Å². The molecular weight excluding hydrogens is 350 g/mol. The molecule has 6 heteroatoms. The lowest BCUT2D eigenvalue weighted by atomic mass is 9.89. The number of benzene rings is 1. The number of carbonyl (C=O) groups excluding carboxylic acids is 1. The van der Waals surface area contributed by atoms with Crippen molar-refractivity contribution in [3.63, 3.8) is 0 Å². The van der Waals surface area contributed by atoms with Crippen molar-refractivity contribution in [1.82, 2.24) is 4.90 Å². The van der Waals surface area contributed by atoms with Crippen molar-refractivity contribution in [1.29, 1.82) is 0 Å². The number of carbonyl (C=O) groups is 2. The molecule has 0 radical (unpaired) electrons. The van der Waals surface area contributed by atoms with Crippen molar-refractivity contribution >= 4 is 27.8 Å². The number of aliphatic carboxylic acids is 1. The Morgan fingerprint density at radius 3 is 2.64 bits per heavy atom. The molecular formula is C16H18BrNO4. The van der Waals surface area contributed by atoms with Gasteiger partial charge in [0.25, 0.3) is 5.91 Å². The minimum Gasteiger partial charge on any atom is -0.480 e. The maximum Gasteiger partial charge on any atom is 0.328 e. The topological polar surface area (TPSA) is 66.8 Å². The highest BCUT2D eigenvalue weighted by Crippen LogP contribution is 2.41. The van der Waals surface area contributed by atoms with Crippen LogP contribution in [0.4, 0.5) is 0 Å². The van der Waals surface area contributed by atoms with E-state index in [-0.39, 0.29) is 12.5 Å². The van der Waals surface area contributed by atoms with Crippen LogP contribution in [-0.4, -0.2) is 40.3 Å². The van der Waals surface area contributed by atoms with Crippen LogP contribution in [0, 0.1) is 0 Å². The van der Waals surface area contributed by atoms with Crippen molar-refractivity contribution < 1.29 is 19.4 Å². The van der Waals surface area contributed by atoms with Gasteiger partial charge < -0.3 is 9.84 Å². The maximum absolute atomic E-state index is 12.9. The average Bonchev–Trinajstić information content (AvgIpc) is 2.86. The van der Waals surface area contributed by atoms with Crippen LogP contribution in [0.3, 0.4) is 0 Å². The summed E-state index contributed by atoms with van der Waals surface area (Å²) in [6.45, 7) is 0.0646. The van der Waals surface area contributed by atoms with Gasteiger partial charge in [0.05, 0.1) is 6.61 Å². The first-order valence-electron chi connectivity index (χ1n) is 7.49. The van der Waals surface area contributed by atoms with Crippen molar-refractivity contribution in [2.45, 2.75) is 43.9 Å². The number of halogens is 1. The van der Waals surface area contributed by atoms with E-state index in [0.717, 1.165) is 23.7 Å². The number of carboxylic acids is 1. The zero-order valence-corrected chi connectivity index (χ0v) is 13.7. The number of hydrogen-bond acceptors (Lipinski definition) is 3. The van der Waals surface area contributed by atoms with E-state index in [4.69, 9.17) is 4.74 Å². The van der Waals surface area contributed by atoms with Gasteiger partial charge in [-0.2, -0.15) is 0 Å².